The minimum absolute atomic E-state index is 0.0666. The molecule has 2 rings (SSSR count). The summed E-state index contributed by atoms with van der Waals surface area (Å²) in [6.45, 7) is 13.2. The fraction of sp³-hybridized carbons (Fsp3) is 0.400. The maximum Gasteiger partial charge on any atom is 0.127 e. The number of benzene rings is 1. The van der Waals surface area contributed by atoms with Gasteiger partial charge in [0.1, 0.15) is 12.4 Å². The van der Waals surface area contributed by atoms with Gasteiger partial charge in [-0.3, -0.25) is 0 Å². The van der Waals surface area contributed by atoms with E-state index >= 15 is 0 Å². The molecular weight excluding hydrogens is 256 g/mol. The van der Waals surface area contributed by atoms with Gasteiger partial charge < -0.3 is 4.74 Å². The van der Waals surface area contributed by atoms with Gasteiger partial charge in [-0.25, -0.2) is 0 Å². The topological polar surface area (TPSA) is 9.23 Å². The van der Waals surface area contributed by atoms with Crippen LogP contribution in [0.1, 0.15) is 43.9 Å². The van der Waals surface area contributed by atoms with Crippen LogP contribution in [0.5, 0.6) is 5.75 Å². The van der Waals surface area contributed by atoms with Crippen LogP contribution in [0.2, 0.25) is 0 Å². The zero-order valence-corrected chi connectivity index (χ0v) is 13.7. The second-order valence-electron chi connectivity index (χ2n) is 6.74. The molecule has 0 aromatic heterocycles. The highest BCUT2D eigenvalue weighted by Gasteiger charge is 2.22. The van der Waals surface area contributed by atoms with E-state index in [2.05, 4.69) is 64.6 Å². The van der Waals surface area contributed by atoms with Crippen molar-refractivity contribution in [3.8, 4) is 5.75 Å². The summed E-state index contributed by atoms with van der Waals surface area (Å²) in [7, 11) is 0. The number of hydrogen-bond donors (Lipinski definition) is 0. The lowest BCUT2D eigenvalue weighted by atomic mass is 9.83. The van der Waals surface area contributed by atoms with Crippen LogP contribution in [0.3, 0.4) is 0 Å². The van der Waals surface area contributed by atoms with Gasteiger partial charge in [0.2, 0.25) is 0 Å². The fourth-order valence-corrected chi connectivity index (χ4v) is 2.71. The highest BCUT2D eigenvalue weighted by molar-refractivity contribution is 5.50. The first kappa shape index (κ1) is 15.6. The van der Waals surface area contributed by atoms with Crippen molar-refractivity contribution < 1.29 is 4.74 Å². The molecule has 0 saturated carbocycles. The van der Waals surface area contributed by atoms with Crippen molar-refractivity contribution in [3.63, 3.8) is 0 Å². The zero-order chi connectivity index (χ0) is 15.5. The smallest absolute Gasteiger partial charge is 0.127 e. The second kappa shape index (κ2) is 6.34. The molecule has 21 heavy (non-hydrogen) atoms. The van der Waals surface area contributed by atoms with Crippen molar-refractivity contribution in [3.05, 3.63) is 65.3 Å². The molecule has 0 fully saturated rings. The summed E-state index contributed by atoms with van der Waals surface area (Å²) >= 11 is 0. The average Bonchev–Trinajstić information content (AvgIpc) is 2.89. The Morgan fingerprint density at radius 2 is 2.05 bits per heavy atom. The number of allylic oxidation sites excluding steroid dienone is 4. The molecule has 0 N–H and O–H groups in total. The highest BCUT2D eigenvalue weighted by Crippen LogP contribution is 2.37. The van der Waals surface area contributed by atoms with Gasteiger partial charge in [-0.15, -0.1) is 0 Å². The average molecular weight is 282 g/mol. The van der Waals surface area contributed by atoms with Gasteiger partial charge >= 0.3 is 0 Å². The van der Waals surface area contributed by atoms with Crippen molar-refractivity contribution in [1.29, 1.82) is 0 Å². The molecule has 0 unspecified atom stereocenters. The van der Waals surface area contributed by atoms with E-state index < -0.39 is 0 Å². The Morgan fingerprint density at radius 1 is 1.29 bits per heavy atom. The van der Waals surface area contributed by atoms with Crippen LogP contribution in [-0.2, 0) is 11.8 Å². The van der Waals surface area contributed by atoms with Crippen molar-refractivity contribution in [1.82, 2.24) is 0 Å². The Kier molecular flexibility index (Phi) is 4.72. The number of aryl methyl sites for hydroxylation is 1. The summed E-state index contributed by atoms with van der Waals surface area (Å²) < 4.78 is 6.04. The predicted octanol–water partition coefficient (Wildman–Crippen LogP) is 5.29. The monoisotopic (exact) mass is 282 g/mol. The minimum Gasteiger partial charge on any atom is -0.489 e. The summed E-state index contributed by atoms with van der Waals surface area (Å²) in [4.78, 5) is 0. The molecule has 1 nitrogen and oxygen atoms in total. The lowest BCUT2D eigenvalue weighted by Gasteiger charge is -2.25. The quantitative estimate of drug-likeness (QED) is 0.667. The molecule has 0 bridgehead atoms. The lowest BCUT2D eigenvalue weighted by Crippen LogP contribution is -2.15. The van der Waals surface area contributed by atoms with Gasteiger partial charge in [0.15, 0.2) is 0 Å². The molecule has 1 aliphatic carbocycles. The molecule has 0 heterocycles. The summed E-state index contributed by atoms with van der Waals surface area (Å²) in [6, 6.07) is 4.50. The highest BCUT2D eigenvalue weighted by atomic mass is 16.5. The predicted molar refractivity (Wildman–Crippen MR) is 91.1 cm³/mol. The first-order valence-electron chi connectivity index (χ1n) is 7.65. The first-order valence-corrected chi connectivity index (χ1v) is 7.65. The number of ether oxygens (including phenoxy) is 1. The molecule has 0 saturated heterocycles. The van der Waals surface area contributed by atoms with E-state index in [-0.39, 0.29) is 5.41 Å². The van der Waals surface area contributed by atoms with Crippen LogP contribution >= 0.6 is 0 Å². The molecule has 0 aliphatic heterocycles. The summed E-state index contributed by atoms with van der Waals surface area (Å²) in [6.07, 6.45) is 10.5. The van der Waals surface area contributed by atoms with Gasteiger partial charge in [-0.1, -0.05) is 69.4 Å². The maximum absolute atomic E-state index is 6.04. The van der Waals surface area contributed by atoms with Gasteiger partial charge in [0, 0.05) is 12.0 Å². The van der Waals surface area contributed by atoms with Gasteiger partial charge in [-0.2, -0.15) is 0 Å². The lowest BCUT2D eigenvalue weighted by molar-refractivity contribution is 0.347. The number of rotatable bonds is 5. The van der Waals surface area contributed by atoms with E-state index in [9.17, 15) is 0 Å². The standard InChI is InChI=1S/C20H26O/c1-6-11-21-19-17(14-16-9-7-8-10-16)12-15(2)13-18(19)20(3,4)5/h6-7,9-10,12-13H,1,8,11,14H2,2-5H3. The summed E-state index contributed by atoms with van der Waals surface area (Å²) in [5, 5.41) is 0. The van der Waals surface area contributed by atoms with Gasteiger partial charge in [-0.05, 0) is 29.9 Å². The number of hydrogen-bond acceptors (Lipinski definition) is 1. The van der Waals surface area contributed by atoms with Crippen LogP contribution in [0.15, 0.2) is 48.6 Å². The molecule has 1 heteroatoms. The molecule has 1 aliphatic rings. The third-order valence-electron chi connectivity index (χ3n) is 3.71. The van der Waals surface area contributed by atoms with Crippen LogP contribution in [0.25, 0.3) is 0 Å². The van der Waals surface area contributed by atoms with Gasteiger partial charge in [0.25, 0.3) is 0 Å². The molecular formula is C20H26O. The van der Waals surface area contributed by atoms with Crippen molar-refractivity contribution in [2.75, 3.05) is 6.61 Å². The third kappa shape index (κ3) is 3.87. The van der Waals surface area contributed by atoms with E-state index in [4.69, 9.17) is 4.74 Å². The van der Waals surface area contributed by atoms with Crippen molar-refractivity contribution in [2.24, 2.45) is 0 Å². The Balaban J connectivity index is 2.47. The SMILES string of the molecule is C=CCOc1c(CC2=CCC=C2)cc(C)cc1C(C)(C)C. The summed E-state index contributed by atoms with van der Waals surface area (Å²) in [5.74, 6) is 1.04. The van der Waals surface area contributed by atoms with Crippen molar-refractivity contribution in [2.45, 2.75) is 46.0 Å². The Labute approximate surface area is 129 Å². The zero-order valence-electron chi connectivity index (χ0n) is 13.7. The minimum atomic E-state index is 0.0666. The third-order valence-corrected chi connectivity index (χ3v) is 3.71. The van der Waals surface area contributed by atoms with Crippen LogP contribution < -0.4 is 4.74 Å². The fourth-order valence-electron chi connectivity index (χ4n) is 2.71. The first-order chi connectivity index (χ1) is 9.91. The van der Waals surface area contributed by atoms with Crippen molar-refractivity contribution >= 4 is 0 Å². The molecule has 0 atom stereocenters. The van der Waals surface area contributed by atoms with Crippen LogP contribution in [-0.4, -0.2) is 6.61 Å². The molecule has 0 spiro atoms. The summed E-state index contributed by atoms with van der Waals surface area (Å²) in [5.41, 5.74) is 5.30. The maximum atomic E-state index is 6.04. The molecule has 112 valence electrons. The molecule has 1 aromatic rings. The van der Waals surface area contributed by atoms with E-state index in [1.165, 1.54) is 22.3 Å². The van der Waals surface area contributed by atoms with E-state index in [1.54, 1.807) is 0 Å². The molecule has 0 radical (unpaired) electrons. The van der Waals surface area contributed by atoms with E-state index in [1.807, 2.05) is 6.08 Å². The Bertz CT molecular complexity index is 583. The Morgan fingerprint density at radius 3 is 2.62 bits per heavy atom. The normalized spacial score (nSPS) is 14.2. The molecule has 0 amide bonds. The van der Waals surface area contributed by atoms with Gasteiger partial charge in [0.05, 0.1) is 0 Å². The van der Waals surface area contributed by atoms with E-state index in [0.717, 1.165) is 18.6 Å². The van der Waals surface area contributed by atoms with Crippen LogP contribution in [0, 0.1) is 6.92 Å². The van der Waals surface area contributed by atoms with Crippen LogP contribution in [0.4, 0.5) is 0 Å². The second-order valence-corrected chi connectivity index (χ2v) is 6.74. The van der Waals surface area contributed by atoms with E-state index in [0.29, 0.717) is 6.61 Å². The largest absolute Gasteiger partial charge is 0.489 e. The molecule has 1 aromatic carbocycles. The Hall–Kier alpha value is -1.76.